The van der Waals surface area contributed by atoms with Gasteiger partial charge in [0.05, 0.1) is 6.07 Å². The minimum atomic E-state index is 0.690. The van der Waals surface area contributed by atoms with Crippen molar-refractivity contribution in [2.45, 2.75) is 0 Å². The van der Waals surface area contributed by atoms with E-state index in [2.05, 4.69) is 0 Å². The number of hydrogen-bond acceptors (Lipinski definition) is 2. The summed E-state index contributed by atoms with van der Waals surface area (Å²) < 4.78 is 5.53. The first-order valence-corrected chi connectivity index (χ1v) is 4.61. The molecule has 0 aliphatic heterocycles. The maximum atomic E-state index is 8.37. The molecule has 1 heterocycles. The van der Waals surface area contributed by atoms with Crippen LogP contribution in [0, 0.1) is 11.3 Å². The van der Waals surface area contributed by atoms with Crippen molar-refractivity contribution in [3.8, 4) is 17.4 Å². The zero-order valence-corrected chi connectivity index (χ0v) is 8.05. The Morgan fingerprint density at radius 2 is 1.87 bits per heavy atom. The third-order valence-electron chi connectivity index (χ3n) is 2.01. The van der Waals surface area contributed by atoms with Gasteiger partial charge in [-0.05, 0) is 18.2 Å². The Labute approximate surface area is 88.1 Å². The molecular weight excluding hydrogens is 186 g/mol. The number of furan rings is 1. The largest absolute Gasteiger partial charge is 0.457 e. The average molecular weight is 195 g/mol. The molecule has 0 amide bonds. The first-order valence-electron chi connectivity index (χ1n) is 4.61. The standard InChI is InChI=1S/C13H9NO/c14-10-4-7-12-8-9-13(15-12)11-5-2-1-3-6-11/h1-9H/b7-4+. The van der Waals surface area contributed by atoms with E-state index in [1.165, 1.54) is 6.08 Å². The molecule has 2 heteroatoms. The van der Waals surface area contributed by atoms with Crippen molar-refractivity contribution in [3.63, 3.8) is 0 Å². The van der Waals surface area contributed by atoms with Crippen molar-refractivity contribution >= 4 is 6.08 Å². The van der Waals surface area contributed by atoms with Gasteiger partial charge in [0.15, 0.2) is 0 Å². The molecule has 0 N–H and O–H groups in total. The summed E-state index contributed by atoms with van der Waals surface area (Å²) in [6, 6.07) is 15.5. The van der Waals surface area contributed by atoms with Gasteiger partial charge in [0.25, 0.3) is 0 Å². The molecule has 15 heavy (non-hydrogen) atoms. The molecule has 2 aromatic rings. The topological polar surface area (TPSA) is 36.9 Å². The molecule has 0 radical (unpaired) electrons. The second-order valence-electron chi connectivity index (χ2n) is 3.03. The lowest BCUT2D eigenvalue weighted by Gasteiger charge is -1.94. The maximum absolute atomic E-state index is 8.37. The third-order valence-corrected chi connectivity index (χ3v) is 2.01. The van der Waals surface area contributed by atoms with Crippen LogP contribution in [0.15, 0.2) is 53.0 Å². The van der Waals surface area contributed by atoms with Gasteiger partial charge in [0.1, 0.15) is 11.5 Å². The van der Waals surface area contributed by atoms with E-state index in [0.29, 0.717) is 5.76 Å². The summed E-state index contributed by atoms with van der Waals surface area (Å²) in [6.07, 6.45) is 3.04. The van der Waals surface area contributed by atoms with E-state index in [-0.39, 0.29) is 0 Å². The molecule has 0 aliphatic carbocycles. The summed E-state index contributed by atoms with van der Waals surface area (Å²) in [5.74, 6) is 1.50. The van der Waals surface area contributed by atoms with Crippen molar-refractivity contribution in [2.75, 3.05) is 0 Å². The highest BCUT2D eigenvalue weighted by Gasteiger charge is 2.01. The summed E-state index contributed by atoms with van der Waals surface area (Å²) in [5, 5.41) is 8.37. The molecule has 0 saturated heterocycles. The molecule has 0 spiro atoms. The molecule has 0 aliphatic rings. The number of rotatable bonds is 2. The minimum Gasteiger partial charge on any atom is -0.457 e. The van der Waals surface area contributed by atoms with Gasteiger partial charge in [-0.2, -0.15) is 5.26 Å². The molecule has 0 unspecified atom stereocenters. The van der Waals surface area contributed by atoms with Crippen LogP contribution in [-0.4, -0.2) is 0 Å². The van der Waals surface area contributed by atoms with E-state index < -0.39 is 0 Å². The van der Waals surface area contributed by atoms with E-state index in [1.807, 2.05) is 48.5 Å². The van der Waals surface area contributed by atoms with Gasteiger partial charge < -0.3 is 4.42 Å². The van der Waals surface area contributed by atoms with Crippen molar-refractivity contribution in [1.29, 1.82) is 5.26 Å². The molecule has 72 valence electrons. The summed E-state index contributed by atoms with van der Waals surface area (Å²) in [5.41, 5.74) is 1.04. The molecule has 1 aromatic carbocycles. The number of hydrogen-bond donors (Lipinski definition) is 0. The van der Waals surface area contributed by atoms with Crippen LogP contribution in [0.5, 0.6) is 0 Å². The Balaban J connectivity index is 2.29. The number of nitriles is 1. The Bertz CT molecular complexity index is 503. The lowest BCUT2D eigenvalue weighted by Crippen LogP contribution is -1.70. The van der Waals surface area contributed by atoms with Gasteiger partial charge in [0.2, 0.25) is 0 Å². The van der Waals surface area contributed by atoms with Gasteiger partial charge in [-0.1, -0.05) is 30.3 Å². The molecule has 2 rings (SSSR count). The van der Waals surface area contributed by atoms with E-state index in [9.17, 15) is 0 Å². The quantitative estimate of drug-likeness (QED) is 0.688. The van der Waals surface area contributed by atoms with E-state index in [0.717, 1.165) is 11.3 Å². The fourth-order valence-corrected chi connectivity index (χ4v) is 1.32. The molecule has 0 fully saturated rings. The Morgan fingerprint density at radius 1 is 1.07 bits per heavy atom. The summed E-state index contributed by atoms with van der Waals surface area (Å²) in [7, 11) is 0. The van der Waals surface area contributed by atoms with Gasteiger partial charge >= 0.3 is 0 Å². The van der Waals surface area contributed by atoms with Crippen LogP contribution in [0.3, 0.4) is 0 Å². The highest BCUT2D eigenvalue weighted by molar-refractivity contribution is 5.59. The first kappa shape index (κ1) is 9.29. The Kier molecular flexibility index (Phi) is 2.66. The predicted octanol–water partition coefficient (Wildman–Crippen LogP) is 3.48. The molecule has 0 saturated carbocycles. The van der Waals surface area contributed by atoms with Crippen LogP contribution in [0.25, 0.3) is 17.4 Å². The number of benzene rings is 1. The zero-order valence-electron chi connectivity index (χ0n) is 8.05. The van der Waals surface area contributed by atoms with Crippen molar-refractivity contribution in [1.82, 2.24) is 0 Å². The van der Waals surface area contributed by atoms with Gasteiger partial charge in [-0.15, -0.1) is 0 Å². The maximum Gasteiger partial charge on any atom is 0.134 e. The lowest BCUT2D eigenvalue weighted by atomic mass is 10.2. The molecule has 2 nitrogen and oxygen atoms in total. The number of nitrogens with zero attached hydrogens (tertiary/aromatic N) is 1. The summed E-state index contributed by atoms with van der Waals surface area (Å²) >= 11 is 0. The Hall–Kier alpha value is -2.27. The lowest BCUT2D eigenvalue weighted by molar-refractivity contribution is 0.572. The minimum absolute atomic E-state index is 0.690. The summed E-state index contributed by atoms with van der Waals surface area (Å²) in [4.78, 5) is 0. The molecule has 0 atom stereocenters. The van der Waals surface area contributed by atoms with Crippen LogP contribution in [0.1, 0.15) is 5.76 Å². The van der Waals surface area contributed by atoms with Crippen molar-refractivity contribution in [2.24, 2.45) is 0 Å². The smallest absolute Gasteiger partial charge is 0.134 e. The monoisotopic (exact) mass is 195 g/mol. The third kappa shape index (κ3) is 2.15. The zero-order chi connectivity index (χ0) is 10.5. The molecule has 1 aromatic heterocycles. The van der Waals surface area contributed by atoms with Crippen molar-refractivity contribution < 1.29 is 4.42 Å². The first-order chi connectivity index (χ1) is 7.40. The summed E-state index contributed by atoms with van der Waals surface area (Å²) in [6.45, 7) is 0. The van der Waals surface area contributed by atoms with E-state index >= 15 is 0 Å². The molecular formula is C13H9NO. The van der Waals surface area contributed by atoms with Gasteiger partial charge in [-0.3, -0.25) is 0 Å². The SMILES string of the molecule is N#C/C=C/c1ccc(-c2ccccc2)o1. The van der Waals surface area contributed by atoms with Crippen LogP contribution in [-0.2, 0) is 0 Å². The fraction of sp³-hybridized carbons (Fsp3) is 0. The van der Waals surface area contributed by atoms with Crippen LogP contribution < -0.4 is 0 Å². The van der Waals surface area contributed by atoms with Gasteiger partial charge in [-0.25, -0.2) is 0 Å². The van der Waals surface area contributed by atoms with Crippen LogP contribution in [0.4, 0.5) is 0 Å². The van der Waals surface area contributed by atoms with Crippen LogP contribution in [0.2, 0.25) is 0 Å². The second-order valence-corrected chi connectivity index (χ2v) is 3.03. The molecule has 0 bridgehead atoms. The van der Waals surface area contributed by atoms with E-state index in [4.69, 9.17) is 9.68 Å². The number of allylic oxidation sites excluding steroid dienone is 1. The normalized spacial score (nSPS) is 10.3. The highest BCUT2D eigenvalue weighted by Crippen LogP contribution is 2.22. The fourth-order valence-electron chi connectivity index (χ4n) is 1.32. The predicted molar refractivity (Wildman–Crippen MR) is 58.8 cm³/mol. The highest BCUT2D eigenvalue weighted by atomic mass is 16.3. The van der Waals surface area contributed by atoms with Gasteiger partial charge in [0, 0.05) is 11.6 Å². The van der Waals surface area contributed by atoms with Crippen LogP contribution >= 0.6 is 0 Å². The average Bonchev–Trinajstić information content (AvgIpc) is 2.76. The Morgan fingerprint density at radius 3 is 2.60 bits per heavy atom. The second kappa shape index (κ2) is 4.30. The van der Waals surface area contributed by atoms with E-state index in [1.54, 1.807) is 6.08 Å². The van der Waals surface area contributed by atoms with Crippen molar-refractivity contribution in [3.05, 3.63) is 54.3 Å².